The molecule has 10 heteroatoms. The van der Waals surface area contributed by atoms with E-state index in [1.54, 1.807) is 12.4 Å². The van der Waals surface area contributed by atoms with Gasteiger partial charge in [-0.05, 0) is 68.5 Å². The Morgan fingerprint density at radius 3 is 2.61 bits per heavy atom. The number of imidazole rings is 1. The highest BCUT2D eigenvalue weighted by atomic mass is 16.7. The molecule has 2 atom stereocenters. The predicted octanol–water partition coefficient (Wildman–Crippen LogP) is 4.98. The van der Waals surface area contributed by atoms with Gasteiger partial charge in [-0.3, -0.25) is 14.7 Å². The van der Waals surface area contributed by atoms with Gasteiger partial charge in [-0.1, -0.05) is 17.0 Å². The van der Waals surface area contributed by atoms with Crippen molar-refractivity contribution >= 4 is 5.97 Å². The molecule has 0 bridgehead atoms. The highest BCUT2D eigenvalue weighted by Crippen LogP contribution is 2.25. The Bertz CT molecular complexity index is 1590. The van der Waals surface area contributed by atoms with E-state index in [9.17, 15) is 4.79 Å². The summed E-state index contributed by atoms with van der Waals surface area (Å²) in [6.07, 6.45) is 8.74. The standard InChI is InChI=1S/C34H37N5O5/c1-24(43-33-5-3-4-16-42-33)34-35-14-15-39(34)23-30-18-31(44-37-30)28-11-8-25(9-12-28)6-7-26-10-13-29(36-19-26)22-38-20-27(21-38)17-32(40)41-2/h8-15,18-19,24,27,33H,3-5,16-17,20-23H2,1-2H3/t24-,33?/m0/s1. The first kappa shape index (κ1) is 29.8. The molecule has 0 saturated carbocycles. The molecule has 1 unspecified atom stereocenters. The molecular weight excluding hydrogens is 558 g/mol. The van der Waals surface area contributed by atoms with E-state index in [1.807, 2.05) is 60.2 Å². The SMILES string of the molecule is COC(=O)CC1CN(Cc2ccc(C#Cc3ccc(-c4cc(Cn5ccnc5[C@H](C)OC5CCCCO5)no4)cc3)cn2)C1. The second-order valence-electron chi connectivity index (χ2n) is 11.4. The first-order chi connectivity index (χ1) is 21.5. The van der Waals surface area contributed by atoms with Crippen LogP contribution in [-0.2, 0) is 32.1 Å². The molecule has 2 saturated heterocycles. The molecule has 2 aliphatic rings. The number of likely N-dealkylation sites (tertiary alicyclic amines) is 1. The van der Waals surface area contributed by atoms with Crippen LogP contribution in [0.25, 0.3) is 11.3 Å². The summed E-state index contributed by atoms with van der Waals surface area (Å²) in [6.45, 7) is 5.82. The number of rotatable bonds is 10. The van der Waals surface area contributed by atoms with Crippen molar-refractivity contribution in [2.45, 2.75) is 58.1 Å². The lowest BCUT2D eigenvalue weighted by atomic mass is 9.96. The minimum Gasteiger partial charge on any atom is -0.469 e. The number of aromatic nitrogens is 4. The molecule has 6 rings (SSSR count). The molecule has 3 aromatic heterocycles. The van der Waals surface area contributed by atoms with Gasteiger partial charge in [0, 0.05) is 67.6 Å². The minimum atomic E-state index is -0.194. The lowest BCUT2D eigenvalue weighted by molar-refractivity contribution is -0.188. The molecule has 0 amide bonds. The Morgan fingerprint density at radius 2 is 1.86 bits per heavy atom. The number of nitrogens with zero attached hydrogens (tertiary/aromatic N) is 5. The van der Waals surface area contributed by atoms with E-state index in [-0.39, 0.29) is 18.4 Å². The number of carbonyl (C=O) groups is 1. The first-order valence-electron chi connectivity index (χ1n) is 15.1. The first-order valence-corrected chi connectivity index (χ1v) is 15.1. The zero-order valence-corrected chi connectivity index (χ0v) is 25.1. The van der Waals surface area contributed by atoms with Crippen molar-refractivity contribution in [3.63, 3.8) is 0 Å². The average molecular weight is 596 g/mol. The van der Waals surface area contributed by atoms with Gasteiger partial charge in [0.2, 0.25) is 0 Å². The summed E-state index contributed by atoms with van der Waals surface area (Å²) in [5.74, 6) is 8.16. The molecule has 0 aliphatic carbocycles. The molecule has 0 spiro atoms. The molecule has 4 aromatic rings. The van der Waals surface area contributed by atoms with E-state index in [2.05, 4.69) is 31.9 Å². The Labute approximate surface area is 257 Å². The van der Waals surface area contributed by atoms with Crippen LogP contribution >= 0.6 is 0 Å². The molecule has 5 heterocycles. The van der Waals surface area contributed by atoms with Crippen molar-refractivity contribution in [3.8, 4) is 23.2 Å². The normalized spacial score (nSPS) is 17.8. The Morgan fingerprint density at radius 1 is 1.05 bits per heavy atom. The molecule has 0 radical (unpaired) electrons. The highest BCUT2D eigenvalue weighted by Gasteiger charge is 2.29. The molecule has 2 aliphatic heterocycles. The van der Waals surface area contributed by atoms with Crippen LogP contribution in [0.4, 0.5) is 0 Å². The summed E-state index contributed by atoms with van der Waals surface area (Å²) in [7, 11) is 1.43. The van der Waals surface area contributed by atoms with Gasteiger partial charge >= 0.3 is 5.97 Å². The number of pyridine rings is 1. The van der Waals surface area contributed by atoms with Crippen molar-refractivity contribution in [2.24, 2.45) is 5.92 Å². The van der Waals surface area contributed by atoms with Crippen LogP contribution in [0.3, 0.4) is 0 Å². The second kappa shape index (κ2) is 14.0. The molecule has 10 nitrogen and oxygen atoms in total. The number of hydrogen-bond donors (Lipinski definition) is 0. The van der Waals surface area contributed by atoms with Crippen LogP contribution in [0.1, 0.15) is 67.1 Å². The number of ether oxygens (including phenoxy) is 3. The fourth-order valence-corrected chi connectivity index (χ4v) is 5.55. The van der Waals surface area contributed by atoms with Gasteiger partial charge in [-0.2, -0.15) is 0 Å². The largest absolute Gasteiger partial charge is 0.469 e. The van der Waals surface area contributed by atoms with E-state index in [0.29, 0.717) is 24.6 Å². The van der Waals surface area contributed by atoms with Gasteiger partial charge in [0.1, 0.15) is 17.6 Å². The molecule has 44 heavy (non-hydrogen) atoms. The third-order valence-corrected chi connectivity index (χ3v) is 7.94. The summed E-state index contributed by atoms with van der Waals surface area (Å²) in [5.41, 5.74) is 4.47. The van der Waals surface area contributed by atoms with Gasteiger partial charge in [0.15, 0.2) is 12.1 Å². The van der Waals surface area contributed by atoms with E-state index in [0.717, 1.165) is 79.4 Å². The fourth-order valence-electron chi connectivity index (χ4n) is 5.55. The predicted molar refractivity (Wildman–Crippen MR) is 162 cm³/mol. The Balaban J connectivity index is 1.00. The number of hydrogen-bond acceptors (Lipinski definition) is 9. The van der Waals surface area contributed by atoms with Crippen molar-refractivity contribution in [3.05, 3.63) is 89.4 Å². The number of esters is 1. The fraction of sp³-hybridized carbons (Fsp3) is 0.412. The zero-order chi connectivity index (χ0) is 30.3. The van der Waals surface area contributed by atoms with E-state index < -0.39 is 0 Å². The molecule has 1 aromatic carbocycles. The van der Waals surface area contributed by atoms with Crippen LogP contribution < -0.4 is 0 Å². The second-order valence-corrected chi connectivity index (χ2v) is 11.4. The summed E-state index contributed by atoms with van der Waals surface area (Å²) >= 11 is 0. The van der Waals surface area contributed by atoms with Gasteiger partial charge in [-0.25, -0.2) is 4.98 Å². The topological polar surface area (TPSA) is 105 Å². The average Bonchev–Trinajstić information content (AvgIpc) is 3.70. The number of carbonyl (C=O) groups excluding carboxylic acids is 1. The molecule has 228 valence electrons. The monoisotopic (exact) mass is 595 g/mol. The number of benzene rings is 1. The van der Waals surface area contributed by atoms with Gasteiger partial charge < -0.3 is 23.3 Å². The van der Waals surface area contributed by atoms with Gasteiger partial charge in [-0.15, -0.1) is 0 Å². The van der Waals surface area contributed by atoms with Crippen LogP contribution in [0.2, 0.25) is 0 Å². The minimum absolute atomic E-state index is 0.143. The van der Waals surface area contributed by atoms with Crippen LogP contribution in [0.15, 0.2) is 65.6 Å². The quantitative estimate of drug-likeness (QED) is 0.185. The maximum Gasteiger partial charge on any atom is 0.305 e. The summed E-state index contributed by atoms with van der Waals surface area (Å²) in [6, 6.07) is 13.9. The zero-order valence-electron chi connectivity index (χ0n) is 25.1. The van der Waals surface area contributed by atoms with Gasteiger partial charge in [0.05, 0.1) is 25.8 Å². The van der Waals surface area contributed by atoms with Crippen LogP contribution in [-0.4, -0.2) is 63.7 Å². The lowest BCUT2D eigenvalue weighted by Crippen LogP contribution is -2.46. The summed E-state index contributed by atoms with van der Waals surface area (Å²) in [5, 5.41) is 4.29. The van der Waals surface area contributed by atoms with E-state index in [1.165, 1.54) is 7.11 Å². The summed E-state index contributed by atoms with van der Waals surface area (Å²) in [4.78, 5) is 22.8. The number of methoxy groups -OCH3 is 1. The van der Waals surface area contributed by atoms with Crippen LogP contribution in [0, 0.1) is 17.8 Å². The molecule has 0 N–H and O–H groups in total. The molecule has 2 fully saturated rings. The Kier molecular flexibility index (Phi) is 9.46. The van der Waals surface area contributed by atoms with Crippen molar-refractivity contribution in [1.29, 1.82) is 0 Å². The summed E-state index contributed by atoms with van der Waals surface area (Å²) < 4.78 is 24.3. The smallest absolute Gasteiger partial charge is 0.305 e. The molecular formula is C34H37N5O5. The highest BCUT2D eigenvalue weighted by molar-refractivity contribution is 5.69. The maximum atomic E-state index is 11.4. The third kappa shape index (κ3) is 7.61. The third-order valence-electron chi connectivity index (χ3n) is 7.94. The lowest BCUT2D eigenvalue weighted by Gasteiger charge is -2.38. The Hall–Kier alpha value is -4.30. The van der Waals surface area contributed by atoms with E-state index in [4.69, 9.17) is 18.7 Å². The van der Waals surface area contributed by atoms with E-state index >= 15 is 0 Å². The van der Waals surface area contributed by atoms with Crippen molar-refractivity contribution < 1.29 is 23.5 Å². The van der Waals surface area contributed by atoms with Crippen molar-refractivity contribution in [2.75, 3.05) is 26.8 Å². The maximum absolute atomic E-state index is 11.4. The van der Waals surface area contributed by atoms with Gasteiger partial charge in [0.25, 0.3) is 0 Å². The van der Waals surface area contributed by atoms with Crippen molar-refractivity contribution in [1.82, 2.24) is 24.6 Å². The van der Waals surface area contributed by atoms with Crippen LogP contribution in [0.5, 0.6) is 0 Å².